The van der Waals surface area contributed by atoms with E-state index >= 15 is 0 Å². The van der Waals surface area contributed by atoms with E-state index < -0.39 is 0 Å². The summed E-state index contributed by atoms with van der Waals surface area (Å²) in [6.07, 6.45) is 4.80. The molecule has 0 radical (unpaired) electrons. The van der Waals surface area contributed by atoms with Gasteiger partial charge >= 0.3 is 5.97 Å². The summed E-state index contributed by atoms with van der Waals surface area (Å²) in [7, 11) is 3.86. The number of methoxy groups -OCH3 is 1. The minimum atomic E-state index is -0.0686. The van der Waals surface area contributed by atoms with Crippen molar-refractivity contribution in [3.8, 4) is 0 Å². The number of carbonyl (C=O) groups excluding carboxylic acids is 1. The number of nitrogens with zero attached hydrogens (tertiary/aromatic N) is 1. The van der Waals surface area contributed by atoms with Crippen molar-refractivity contribution < 1.29 is 14.3 Å². The van der Waals surface area contributed by atoms with Crippen LogP contribution in [0.2, 0.25) is 0 Å². The van der Waals surface area contributed by atoms with Gasteiger partial charge in [0.1, 0.15) is 0 Å². The van der Waals surface area contributed by atoms with E-state index in [1.807, 2.05) is 6.92 Å². The lowest BCUT2D eigenvalue weighted by Crippen LogP contribution is -2.21. The van der Waals surface area contributed by atoms with E-state index in [-0.39, 0.29) is 5.97 Å². The molecule has 0 saturated carbocycles. The van der Waals surface area contributed by atoms with Gasteiger partial charge in [-0.1, -0.05) is 6.42 Å². The second-order valence-corrected chi connectivity index (χ2v) is 4.27. The minimum absolute atomic E-state index is 0.0686. The average Bonchev–Trinajstić information content (AvgIpc) is 2.29. The topological polar surface area (TPSA) is 38.8 Å². The van der Waals surface area contributed by atoms with E-state index in [1.54, 1.807) is 7.11 Å². The number of carbonyl (C=O) groups is 1. The molecule has 4 heteroatoms. The van der Waals surface area contributed by atoms with Crippen LogP contribution in [0.5, 0.6) is 0 Å². The molecular formula is C13H27NO3. The van der Waals surface area contributed by atoms with Gasteiger partial charge in [0, 0.05) is 26.7 Å². The lowest BCUT2D eigenvalue weighted by atomic mass is 10.2. The van der Waals surface area contributed by atoms with Gasteiger partial charge in [-0.2, -0.15) is 0 Å². The Hall–Kier alpha value is -0.610. The SMILES string of the molecule is CCOC(=O)CCCCCN(C)CCCOC. The highest BCUT2D eigenvalue weighted by atomic mass is 16.5. The molecule has 0 amide bonds. The lowest BCUT2D eigenvalue weighted by Gasteiger charge is -2.15. The van der Waals surface area contributed by atoms with Crippen molar-refractivity contribution in [1.29, 1.82) is 0 Å². The number of unbranched alkanes of at least 4 members (excludes halogenated alkanes) is 2. The zero-order valence-corrected chi connectivity index (χ0v) is 11.5. The fourth-order valence-electron chi connectivity index (χ4n) is 1.65. The Morgan fingerprint density at radius 2 is 1.82 bits per heavy atom. The smallest absolute Gasteiger partial charge is 0.305 e. The van der Waals surface area contributed by atoms with E-state index in [2.05, 4.69) is 11.9 Å². The van der Waals surface area contributed by atoms with Crippen LogP contribution in [0.3, 0.4) is 0 Å². The van der Waals surface area contributed by atoms with Crippen molar-refractivity contribution in [3.05, 3.63) is 0 Å². The van der Waals surface area contributed by atoms with Crippen molar-refractivity contribution in [2.45, 2.75) is 39.0 Å². The first-order valence-electron chi connectivity index (χ1n) is 6.53. The molecule has 0 aromatic rings. The summed E-state index contributed by atoms with van der Waals surface area (Å²) < 4.78 is 9.88. The van der Waals surface area contributed by atoms with Crippen LogP contribution < -0.4 is 0 Å². The average molecular weight is 245 g/mol. The van der Waals surface area contributed by atoms with Gasteiger partial charge < -0.3 is 14.4 Å². The fraction of sp³-hybridized carbons (Fsp3) is 0.923. The molecule has 0 rings (SSSR count). The first kappa shape index (κ1) is 16.4. The number of hydrogen-bond donors (Lipinski definition) is 0. The zero-order valence-electron chi connectivity index (χ0n) is 11.5. The second kappa shape index (κ2) is 11.9. The Morgan fingerprint density at radius 1 is 1.12 bits per heavy atom. The normalized spacial score (nSPS) is 10.8. The van der Waals surface area contributed by atoms with Crippen LogP contribution in [0.15, 0.2) is 0 Å². The summed E-state index contributed by atoms with van der Waals surface area (Å²) in [4.78, 5) is 13.4. The van der Waals surface area contributed by atoms with Crippen LogP contribution in [-0.4, -0.2) is 51.3 Å². The largest absolute Gasteiger partial charge is 0.466 e. The molecule has 4 nitrogen and oxygen atoms in total. The molecule has 0 atom stereocenters. The van der Waals surface area contributed by atoms with Gasteiger partial charge in [0.15, 0.2) is 0 Å². The third-order valence-corrected chi connectivity index (χ3v) is 2.61. The highest BCUT2D eigenvalue weighted by Gasteiger charge is 2.02. The molecule has 0 heterocycles. The highest BCUT2D eigenvalue weighted by Crippen LogP contribution is 2.02. The summed E-state index contributed by atoms with van der Waals surface area (Å²) in [6.45, 7) is 5.32. The van der Waals surface area contributed by atoms with Crippen molar-refractivity contribution in [2.75, 3.05) is 40.5 Å². The maximum Gasteiger partial charge on any atom is 0.305 e. The third-order valence-electron chi connectivity index (χ3n) is 2.61. The molecule has 0 saturated heterocycles. The van der Waals surface area contributed by atoms with Crippen molar-refractivity contribution in [1.82, 2.24) is 4.90 Å². The third kappa shape index (κ3) is 11.6. The first-order chi connectivity index (χ1) is 8.20. The predicted octanol–water partition coefficient (Wildman–Crippen LogP) is 2.08. The van der Waals surface area contributed by atoms with Crippen LogP contribution in [-0.2, 0) is 14.3 Å². The van der Waals surface area contributed by atoms with Crippen LogP contribution in [0.25, 0.3) is 0 Å². The van der Waals surface area contributed by atoms with Crippen LogP contribution in [0.4, 0.5) is 0 Å². The van der Waals surface area contributed by atoms with Gasteiger partial charge in [-0.25, -0.2) is 0 Å². The molecule has 0 bridgehead atoms. The molecule has 0 N–H and O–H groups in total. The standard InChI is InChI=1S/C13H27NO3/c1-4-17-13(15)9-6-5-7-10-14(2)11-8-12-16-3/h4-12H2,1-3H3. The maximum absolute atomic E-state index is 11.1. The second-order valence-electron chi connectivity index (χ2n) is 4.27. The van der Waals surface area contributed by atoms with Crippen LogP contribution >= 0.6 is 0 Å². The van der Waals surface area contributed by atoms with E-state index in [0.29, 0.717) is 13.0 Å². The van der Waals surface area contributed by atoms with Gasteiger partial charge in [0.2, 0.25) is 0 Å². The van der Waals surface area contributed by atoms with E-state index in [0.717, 1.165) is 45.4 Å². The van der Waals surface area contributed by atoms with Gasteiger partial charge in [0.05, 0.1) is 6.61 Å². The van der Waals surface area contributed by atoms with Gasteiger partial charge in [0.25, 0.3) is 0 Å². The molecule has 0 aromatic heterocycles. The van der Waals surface area contributed by atoms with E-state index in [4.69, 9.17) is 9.47 Å². The highest BCUT2D eigenvalue weighted by molar-refractivity contribution is 5.69. The van der Waals surface area contributed by atoms with Gasteiger partial charge in [-0.3, -0.25) is 4.79 Å². The van der Waals surface area contributed by atoms with Crippen molar-refractivity contribution >= 4 is 5.97 Å². The minimum Gasteiger partial charge on any atom is -0.466 e. The summed E-state index contributed by atoms with van der Waals surface area (Å²) in [5, 5.41) is 0. The molecule has 0 aliphatic carbocycles. The van der Waals surface area contributed by atoms with Crippen molar-refractivity contribution in [3.63, 3.8) is 0 Å². The number of hydrogen-bond acceptors (Lipinski definition) is 4. The molecular weight excluding hydrogens is 218 g/mol. The molecule has 102 valence electrons. The van der Waals surface area contributed by atoms with Gasteiger partial charge in [-0.05, 0) is 39.8 Å². The monoisotopic (exact) mass is 245 g/mol. The van der Waals surface area contributed by atoms with Crippen LogP contribution in [0, 0.1) is 0 Å². The summed E-state index contributed by atoms with van der Waals surface area (Å²) in [5.41, 5.74) is 0. The summed E-state index contributed by atoms with van der Waals surface area (Å²) in [6, 6.07) is 0. The molecule has 17 heavy (non-hydrogen) atoms. The number of esters is 1. The molecule has 0 unspecified atom stereocenters. The Kier molecular flexibility index (Phi) is 11.4. The zero-order chi connectivity index (χ0) is 12.9. The van der Waals surface area contributed by atoms with E-state index in [1.165, 1.54) is 0 Å². The van der Waals surface area contributed by atoms with Crippen molar-refractivity contribution in [2.24, 2.45) is 0 Å². The summed E-state index contributed by atoms with van der Waals surface area (Å²) in [5.74, 6) is -0.0686. The molecule has 0 aromatic carbocycles. The summed E-state index contributed by atoms with van der Waals surface area (Å²) >= 11 is 0. The Balaban J connectivity index is 3.24. The molecule has 0 aliphatic heterocycles. The van der Waals surface area contributed by atoms with Gasteiger partial charge in [-0.15, -0.1) is 0 Å². The quantitative estimate of drug-likeness (QED) is 0.413. The number of ether oxygens (including phenoxy) is 2. The molecule has 0 fully saturated rings. The first-order valence-corrected chi connectivity index (χ1v) is 6.53. The number of rotatable bonds is 11. The Bertz CT molecular complexity index is 186. The molecule has 0 aliphatic rings. The lowest BCUT2D eigenvalue weighted by molar-refractivity contribution is -0.143. The van der Waals surface area contributed by atoms with E-state index in [9.17, 15) is 4.79 Å². The van der Waals surface area contributed by atoms with Crippen LogP contribution in [0.1, 0.15) is 39.0 Å². The Labute approximate surface area is 105 Å². The maximum atomic E-state index is 11.1. The predicted molar refractivity (Wildman–Crippen MR) is 69.1 cm³/mol. The Morgan fingerprint density at radius 3 is 2.47 bits per heavy atom. The fourth-order valence-corrected chi connectivity index (χ4v) is 1.65. The molecule has 0 spiro atoms.